The Hall–Kier alpha value is -3.65. The number of nitrogens with one attached hydrogen (secondary N) is 1. The highest BCUT2D eigenvalue weighted by molar-refractivity contribution is 7.92. The Bertz CT molecular complexity index is 1360. The van der Waals surface area contributed by atoms with E-state index in [0.717, 1.165) is 11.1 Å². The van der Waals surface area contributed by atoms with Gasteiger partial charge >= 0.3 is 0 Å². The lowest BCUT2D eigenvalue weighted by Crippen LogP contribution is -2.14. The van der Waals surface area contributed by atoms with Crippen molar-refractivity contribution in [2.45, 2.75) is 32.6 Å². The van der Waals surface area contributed by atoms with Crippen molar-refractivity contribution in [1.29, 1.82) is 0 Å². The van der Waals surface area contributed by atoms with Crippen molar-refractivity contribution in [3.8, 4) is 17.4 Å². The standard InChI is InChI=1S/C24H24N4O3S/c1-16-13-18(3)22(14-17(16)2)32(29,30)27-20-7-9-21(10-8-20)31-24-15-23(25-19(4)26-24)28-11-5-6-12-28/h5-15,27H,1-4H3. The molecule has 0 aliphatic heterocycles. The maximum absolute atomic E-state index is 12.9. The van der Waals surface area contributed by atoms with E-state index in [0.29, 0.717) is 34.5 Å². The van der Waals surface area contributed by atoms with E-state index in [-0.39, 0.29) is 4.90 Å². The molecule has 8 heteroatoms. The van der Waals surface area contributed by atoms with Gasteiger partial charge in [-0.15, -0.1) is 0 Å². The second-order valence-corrected chi connectivity index (χ2v) is 9.29. The Balaban J connectivity index is 1.52. The summed E-state index contributed by atoms with van der Waals surface area (Å²) in [5, 5.41) is 0. The van der Waals surface area contributed by atoms with Crippen LogP contribution in [-0.2, 0) is 10.0 Å². The number of benzene rings is 2. The first-order chi connectivity index (χ1) is 15.2. The van der Waals surface area contributed by atoms with Gasteiger partial charge in [-0.1, -0.05) is 6.07 Å². The SMILES string of the molecule is Cc1nc(Oc2ccc(NS(=O)(=O)c3cc(C)c(C)cc3C)cc2)cc(-n2cccc2)n1. The van der Waals surface area contributed by atoms with Gasteiger partial charge in [0.15, 0.2) is 0 Å². The fourth-order valence-electron chi connectivity index (χ4n) is 3.34. The quantitative estimate of drug-likeness (QED) is 0.444. The van der Waals surface area contributed by atoms with Crippen LogP contribution in [-0.4, -0.2) is 23.0 Å². The molecule has 0 unspecified atom stereocenters. The lowest BCUT2D eigenvalue weighted by Gasteiger charge is -2.13. The molecule has 0 aliphatic carbocycles. The maximum Gasteiger partial charge on any atom is 0.262 e. The molecule has 2 heterocycles. The minimum atomic E-state index is -3.71. The topological polar surface area (TPSA) is 86.1 Å². The molecule has 0 amide bonds. The molecule has 1 N–H and O–H groups in total. The van der Waals surface area contributed by atoms with Crippen LogP contribution < -0.4 is 9.46 Å². The van der Waals surface area contributed by atoms with Gasteiger partial charge in [-0.05, 0) is 86.8 Å². The molecule has 0 atom stereocenters. The second kappa shape index (κ2) is 8.47. The third-order valence-corrected chi connectivity index (χ3v) is 6.60. The number of hydrogen-bond donors (Lipinski definition) is 1. The predicted octanol–water partition coefficient (Wildman–Crippen LogP) is 5.09. The van der Waals surface area contributed by atoms with Gasteiger partial charge in [0, 0.05) is 24.1 Å². The van der Waals surface area contributed by atoms with E-state index < -0.39 is 10.0 Å². The fraction of sp³-hybridized carbons (Fsp3) is 0.167. The van der Waals surface area contributed by atoms with Gasteiger partial charge in [0.05, 0.1) is 4.90 Å². The monoisotopic (exact) mass is 448 g/mol. The van der Waals surface area contributed by atoms with Crippen molar-refractivity contribution >= 4 is 15.7 Å². The molecule has 2 aromatic heterocycles. The van der Waals surface area contributed by atoms with Crippen LogP contribution in [0.1, 0.15) is 22.5 Å². The summed E-state index contributed by atoms with van der Waals surface area (Å²) in [4.78, 5) is 9.02. The molecule has 4 aromatic rings. The molecular formula is C24H24N4O3S. The summed E-state index contributed by atoms with van der Waals surface area (Å²) in [6.07, 6.45) is 3.79. The summed E-state index contributed by atoms with van der Waals surface area (Å²) in [7, 11) is -3.71. The molecular weight excluding hydrogens is 424 g/mol. The minimum Gasteiger partial charge on any atom is -0.439 e. The van der Waals surface area contributed by atoms with Crippen molar-refractivity contribution in [3.05, 3.63) is 89.5 Å². The zero-order valence-electron chi connectivity index (χ0n) is 18.3. The number of aromatic nitrogens is 3. The first-order valence-electron chi connectivity index (χ1n) is 10.1. The van der Waals surface area contributed by atoms with Gasteiger partial charge in [-0.2, -0.15) is 4.98 Å². The van der Waals surface area contributed by atoms with Crippen molar-refractivity contribution in [2.75, 3.05) is 4.72 Å². The van der Waals surface area contributed by atoms with Crippen LogP contribution in [0.4, 0.5) is 5.69 Å². The highest BCUT2D eigenvalue weighted by atomic mass is 32.2. The zero-order valence-corrected chi connectivity index (χ0v) is 19.1. The van der Waals surface area contributed by atoms with Crippen LogP contribution in [0.25, 0.3) is 5.82 Å². The van der Waals surface area contributed by atoms with Gasteiger partial charge in [-0.3, -0.25) is 4.72 Å². The Morgan fingerprint density at radius 3 is 2.19 bits per heavy atom. The van der Waals surface area contributed by atoms with E-state index in [9.17, 15) is 8.42 Å². The number of ether oxygens (including phenoxy) is 1. The van der Waals surface area contributed by atoms with Gasteiger partial charge in [0.25, 0.3) is 10.0 Å². The first kappa shape index (κ1) is 21.6. The van der Waals surface area contributed by atoms with Crippen LogP contribution in [0.5, 0.6) is 11.6 Å². The van der Waals surface area contributed by atoms with Gasteiger partial charge < -0.3 is 9.30 Å². The number of rotatable bonds is 6. The summed E-state index contributed by atoms with van der Waals surface area (Å²) in [6.45, 7) is 7.46. The van der Waals surface area contributed by atoms with Crippen LogP contribution in [0, 0.1) is 27.7 Å². The van der Waals surface area contributed by atoms with Crippen LogP contribution in [0.3, 0.4) is 0 Å². The highest BCUT2D eigenvalue weighted by Crippen LogP contribution is 2.26. The zero-order chi connectivity index (χ0) is 22.9. The van der Waals surface area contributed by atoms with Crippen molar-refractivity contribution < 1.29 is 13.2 Å². The van der Waals surface area contributed by atoms with Crippen molar-refractivity contribution in [2.24, 2.45) is 0 Å². The number of sulfonamides is 1. The number of aryl methyl sites for hydroxylation is 4. The third-order valence-electron chi connectivity index (χ3n) is 5.08. The van der Waals surface area contributed by atoms with Gasteiger partial charge in [-0.25, -0.2) is 13.4 Å². The Kier molecular flexibility index (Phi) is 5.71. The van der Waals surface area contributed by atoms with E-state index in [4.69, 9.17) is 4.74 Å². The molecule has 2 aromatic carbocycles. The highest BCUT2D eigenvalue weighted by Gasteiger charge is 2.18. The van der Waals surface area contributed by atoms with E-state index in [1.165, 1.54) is 0 Å². The minimum absolute atomic E-state index is 0.273. The number of nitrogens with zero attached hydrogens (tertiary/aromatic N) is 3. The Morgan fingerprint density at radius 1 is 0.844 bits per heavy atom. The molecule has 0 fully saturated rings. The summed E-state index contributed by atoms with van der Waals surface area (Å²) < 4.78 is 36.2. The smallest absolute Gasteiger partial charge is 0.262 e. The number of hydrogen-bond acceptors (Lipinski definition) is 5. The van der Waals surface area contributed by atoms with Gasteiger partial charge in [0.1, 0.15) is 17.4 Å². The molecule has 7 nitrogen and oxygen atoms in total. The molecule has 0 bridgehead atoms. The van der Waals surface area contributed by atoms with Gasteiger partial charge in [0.2, 0.25) is 5.88 Å². The molecule has 0 aliphatic rings. The molecule has 0 saturated heterocycles. The molecule has 32 heavy (non-hydrogen) atoms. The van der Waals surface area contributed by atoms with E-state index in [1.807, 2.05) is 49.0 Å². The third kappa shape index (κ3) is 4.65. The molecule has 164 valence electrons. The summed E-state index contributed by atoms with van der Waals surface area (Å²) in [5.74, 6) is 2.22. The lowest BCUT2D eigenvalue weighted by molar-refractivity contribution is 0.459. The maximum atomic E-state index is 12.9. The lowest BCUT2D eigenvalue weighted by atomic mass is 10.1. The molecule has 0 saturated carbocycles. The average molecular weight is 449 g/mol. The Labute approximate surface area is 187 Å². The average Bonchev–Trinajstić information content (AvgIpc) is 3.26. The first-order valence-corrected chi connectivity index (χ1v) is 11.6. The summed E-state index contributed by atoms with van der Waals surface area (Å²) in [6, 6.07) is 15.8. The summed E-state index contributed by atoms with van der Waals surface area (Å²) >= 11 is 0. The van der Waals surface area contributed by atoms with E-state index >= 15 is 0 Å². The van der Waals surface area contributed by atoms with E-state index in [2.05, 4.69) is 14.7 Å². The predicted molar refractivity (Wildman–Crippen MR) is 124 cm³/mol. The molecule has 0 radical (unpaired) electrons. The largest absolute Gasteiger partial charge is 0.439 e. The van der Waals surface area contributed by atoms with Crippen LogP contribution in [0.2, 0.25) is 0 Å². The summed E-state index contributed by atoms with van der Waals surface area (Å²) in [5.41, 5.74) is 3.14. The number of anilines is 1. The van der Waals surface area contributed by atoms with Crippen LogP contribution >= 0.6 is 0 Å². The van der Waals surface area contributed by atoms with Crippen molar-refractivity contribution in [1.82, 2.24) is 14.5 Å². The van der Waals surface area contributed by atoms with E-state index in [1.54, 1.807) is 50.2 Å². The second-order valence-electron chi connectivity index (χ2n) is 7.64. The normalized spacial score (nSPS) is 11.4. The van der Waals surface area contributed by atoms with Crippen LogP contribution in [0.15, 0.2) is 71.9 Å². The van der Waals surface area contributed by atoms with Crippen molar-refractivity contribution in [3.63, 3.8) is 0 Å². The fourth-order valence-corrected chi connectivity index (χ4v) is 4.71. The molecule has 4 rings (SSSR count). The molecule has 0 spiro atoms. The Morgan fingerprint density at radius 2 is 1.50 bits per heavy atom.